The van der Waals surface area contributed by atoms with Crippen molar-refractivity contribution in [2.75, 3.05) is 0 Å². The molecule has 3 aromatic heterocycles. The van der Waals surface area contributed by atoms with Crippen molar-refractivity contribution < 1.29 is 8.22 Å². The molecule has 56 heavy (non-hydrogen) atoms. The van der Waals surface area contributed by atoms with Crippen LogP contribution in [0.4, 0.5) is 0 Å². The Balaban J connectivity index is 1.30. The van der Waals surface area contributed by atoms with Crippen LogP contribution in [-0.2, 0) is 0 Å². The number of hydrogen-bond donors (Lipinski definition) is 0. The summed E-state index contributed by atoms with van der Waals surface area (Å²) in [5.41, 5.74) is 7.67. The van der Waals surface area contributed by atoms with Crippen LogP contribution in [0.15, 0.2) is 194 Å². The molecule has 0 aliphatic carbocycles. The second-order valence-corrected chi connectivity index (χ2v) is 14.5. The highest BCUT2D eigenvalue weighted by molar-refractivity contribution is 7.26. The zero-order valence-corrected chi connectivity index (χ0v) is 30.5. The fraction of sp³-hybridized carbons (Fsp3) is 0. The first-order valence-corrected chi connectivity index (χ1v) is 19.1. The lowest BCUT2D eigenvalue weighted by molar-refractivity contribution is 1.07. The molecular formula is C51H32N4S. The Morgan fingerprint density at radius 3 is 1.71 bits per heavy atom. The monoisotopic (exact) mass is 738 g/mol. The quantitative estimate of drug-likeness (QED) is 0.171. The summed E-state index contributed by atoms with van der Waals surface area (Å²) in [4.78, 5) is 15.7. The van der Waals surface area contributed by atoms with Gasteiger partial charge in [0.1, 0.15) is 0 Å². The highest BCUT2D eigenvalue weighted by Gasteiger charge is 2.24. The number of rotatable bonds is 6. The summed E-state index contributed by atoms with van der Waals surface area (Å²) in [5, 5.41) is 2.61. The first kappa shape index (κ1) is 26.5. The fourth-order valence-corrected chi connectivity index (χ4v) is 8.87. The number of aromatic nitrogens is 4. The predicted octanol–water partition coefficient (Wildman–Crippen LogP) is 13.7. The average Bonchev–Trinajstić information content (AvgIpc) is 3.88. The van der Waals surface area contributed by atoms with Gasteiger partial charge in [0, 0.05) is 58.8 Å². The number of nitrogens with zero attached hydrogens (tertiary/aromatic N) is 4. The number of fused-ring (bicyclic) bond motifs is 6. The van der Waals surface area contributed by atoms with E-state index in [1.54, 1.807) is 0 Å². The summed E-state index contributed by atoms with van der Waals surface area (Å²) in [5.74, 6) is 1.34. The van der Waals surface area contributed by atoms with Crippen molar-refractivity contribution in [1.29, 1.82) is 0 Å². The summed E-state index contributed by atoms with van der Waals surface area (Å²) in [7, 11) is 0. The van der Waals surface area contributed by atoms with Crippen molar-refractivity contribution in [2.45, 2.75) is 0 Å². The fourth-order valence-electron chi connectivity index (χ4n) is 7.77. The van der Waals surface area contributed by atoms with E-state index >= 15 is 0 Å². The van der Waals surface area contributed by atoms with Crippen LogP contribution in [0.25, 0.3) is 104 Å². The van der Waals surface area contributed by atoms with E-state index in [2.05, 4.69) is 47.0 Å². The lowest BCUT2D eigenvalue weighted by atomic mass is 9.97. The van der Waals surface area contributed by atoms with E-state index in [0.29, 0.717) is 54.6 Å². The average molecular weight is 739 g/mol. The lowest BCUT2D eigenvalue weighted by Gasteiger charge is -2.19. The van der Waals surface area contributed by atoms with E-state index in [-0.39, 0.29) is 41.6 Å². The molecule has 11 rings (SSSR count). The summed E-state index contributed by atoms with van der Waals surface area (Å²) in [6.45, 7) is 0. The molecule has 262 valence electrons. The molecule has 11 aromatic rings. The molecule has 5 heteroatoms. The van der Waals surface area contributed by atoms with E-state index in [1.807, 2.05) is 109 Å². The van der Waals surface area contributed by atoms with Crippen molar-refractivity contribution in [3.63, 3.8) is 0 Å². The molecule has 0 amide bonds. The zero-order valence-electron chi connectivity index (χ0n) is 35.7. The molecule has 0 unspecified atom stereocenters. The molecule has 0 saturated carbocycles. The van der Waals surface area contributed by atoms with Crippen LogP contribution in [0.5, 0.6) is 0 Å². The Hall–Kier alpha value is -7.21. The van der Waals surface area contributed by atoms with Gasteiger partial charge in [0.05, 0.1) is 24.9 Å². The topological polar surface area (TPSA) is 43.6 Å². The third-order valence-corrected chi connectivity index (χ3v) is 11.4. The minimum absolute atomic E-state index is 0.0592. The maximum Gasteiger partial charge on any atom is 0.166 e. The van der Waals surface area contributed by atoms with Gasteiger partial charge in [-0.15, -0.1) is 11.3 Å². The minimum Gasteiger partial charge on any atom is -0.308 e. The van der Waals surface area contributed by atoms with Crippen LogP contribution in [0.2, 0.25) is 0 Å². The van der Waals surface area contributed by atoms with Crippen LogP contribution < -0.4 is 0 Å². The molecule has 0 spiro atoms. The van der Waals surface area contributed by atoms with Crippen molar-refractivity contribution in [3.05, 3.63) is 194 Å². The smallest absolute Gasteiger partial charge is 0.166 e. The highest BCUT2D eigenvalue weighted by Crippen LogP contribution is 2.46. The van der Waals surface area contributed by atoms with E-state index in [9.17, 15) is 2.74 Å². The largest absolute Gasteiger partial charge is 0.308 e. The van der Waals surface area contributed by atoms with Gasteiger partial charge in [0.15, 0.2) is 17.5 Å². The van der Waals surface area contributed by atoms with Crippen molar-refractivity contribution >= 4 is 53.3 Å². The van der Waals surface area contributed by atoms with Crippen LogP contribution in [0.3, 0.4) is 0 Å². The standard InChI is InChI=1S/C51H32N4S/c1-3-17-33(18-4-1)35-21-7-8-25-42(35)50-52-49(34-19-5-2-6-20-34)53-51(54-50)43-29-15-26-39(41-28-16-27-40-38-24-11-14-32-46(38)56-48(40)41)47(43)55-44-30-12-9-22-36(44)37-23-10-13-31-45(37)55/h1-32H/i11D,16D,24D,27D,28D,32D. The Kier molecular flexibility index (Phi) is 6.29. The first-order valence-electron chi connectivity index (χ1n) is 21.3. The Morgan fingerprint density at radius 1 is 0.393 bits per heavy atom. The van der Waals surface area contributed by atoms with E-state index in [1.165, 1.54) is 17.4 Å². The van der Waals surface area contributed by atoms with Gasteiger partial charge in [-0.3, -0.25) is 0 Å². The molecule has 0 aliphatic heterocycles. The molecule has 0 fully saturated rings. The molecular weight excluding hydrogens is 701 g/mol. The number of para-hydroxylation sites is 3. The maximum atomic E-state index is 9.62. The second kappa shape index (κ2) is 13.3. The van der Waals surface area contributed by atoms with E-state index in [4.69, 9.17) is 20.4 Å². The number of hydrogen-bond acceptors (Lipinski definition) is 4. The number of thiophene rings is 1. The third-order valence-electron chi connectivity index (χ3n) is 10.3. The number of benzene rings is 8. The molecule has 4 nitrogen and oxygen atoms in total. The molecule has 0 radical (unpaired) electrons. The van der Waals surface area contributed by atoms with Crippen molar-refractivity contribution in [1.82, 2.24) is 19.5 Å². The van der Waals surface area contributed by atoms with Crippen LogP contribution in [-0.4, -0.2) is 19.5 Å². The van der Waals surface area contributed by atoms with Gasteiger partial charge in [-0.2, -0.15) is 0 Å². The van der Waals surface area contributed by atoms with Crippen molar-refractivity contribution in [3.8, 4) is 62.1 Å². The van der Waals surface area contributed by atoms with Gasteiger partial charge in [0.25, 0.3) is 0 Å². The van der Waals surface area contributed by atoms with Crippen molar-refractivity contribution in [2.24, 2.45) is 0 Å². The van der Waals surface area contributed by atoms with Gasteiger partial charge >= 0.3 is 0 Å². The molecule has 3 heterocycles. The maximum absolute atomic E-state index is 9.62. The van der Waals surface area contributed by atoms with Gasteiger partial charge < -0.3 is 4.57 Å². The summed E-state index contributed by atoms with van der Waals surface area (Å²) in [6.07, 6.45) is 0. The van der Waals surface area contributed by atoms with Gasteiger partial charge in [0.2, 0.25) is 0 Å². The lowest BCUT2D eigenvalue weighted by Crippen LogP contribution is -2.05. The normalized spacial score (nSPS) is 13.1. The predicted molar refractivity (Wildman–Crippen MR) is 234 cm³/mol. The third kappa shape index (κ3) is 5.24. The van der Waals surface area contributed by atoms with Crippen LogP contribution >= 0.6 is 11.3 Å². The first-order chi connectivity index (χ1) is 30.3. The Bertz CT molecular complexity index is 3550. The van der Waals surface area contributed by atoms with Gasteiger partial charge in [-0.25, -0.2) is 15.0 Å². The van der Waals surface area contributed by atoms with Crippen LogP contribution in [0.1, 0.15) is 8.22 Å². The molecule has 0 N–H and O–H groups in total. The second-order valence-electron chi connectivity index (χ2n) is 13.5. The Morgan fingerprint density at radius 2 is 0.964 bits per heavy atom. The summed E-state index contributed by atoms with van der Waals surface area (Å²) >= 11 is 1.22. The molecule has 8 aromatic carbocycles. The SMILES string of the molecule is [2H]c1cc([2H])c2sc3c(-c4cccc(-c5nc(-c6ccccc6)nc(-c6ccccc6-c6ccccc6)n5)c4-n4c5ccccc5c5ccccc54)c([2H])c([2H])c([2H])c3c2c1[2H]. The Labute approximate surface area is 336 Å². The molecule has 0 atom stereocenters. The van der Waals surface area contributed by atoms with E-state index < -0.39 is 0 Å². The summed E-state index contributed by atoms with van der Waals surface area (Å²) < 4.78 is 57.4. The molecule has 0 aliphatic rings. The van der Waals surface area contributed by atoms with Crippen LogP contribution in [0, 0.1) is 0 Å². The molecule has 0 saturated heterocycles. The summed E-state index contributed by atoms with van der Waals surface area (Å²) in [6, 6.07) is 50.6. The van der Waals surface area contributed by atoms with E-state index in [0.717, 1.165) is 44.1 Å². The zero-order chi connectivity index (χ0) is 42.2. The van der Waals surface area contributed by atoms with Gasteiger partial charge in [-0.1, -0.05) is 170 Å². The van der Waals surface area contributed by atoms with Gasteiger partial charge in [-0.05, 0) is 35.4 Å². The highest BCUT2D eigenvalue weighted by atomic mass is 32.1. The molecule has 0 bridgehead atoms. The minimum atomic E-state index is -0.307.